The lowest BCUT2D eigenvalue weighted by atomic mass is 10.1. The van der Waals surface area contributed by atoms with Crippen molar-refractivity contribution in [3.63, 3.8) is 0 Å². The van der Waals surface area contributed by atoms with Gasteiger partial charge in [-0.3, -0.25) is 0 Å². The molecule has 10 heavy (non-hydrogen) atoms. The van der Waals surface area contributed by atoms with Crippen LogP contribution >= 0.6 is 0 Å². The van der Waals surface area contributed by atoms with Crippen molar-refractivity contribution in [2.24, 2.45) is 5.73 Å². The van der Waals surface area contributed by atoms with Crippen molar-refractivity contribution in [1.82, 2.24) is 5.32 Å². The fourth-order valence-electron chi connectivity index (χ4n) is 1.06. The molecule has 0 aromatic heterocycles. The number of hydrogen-bond acceptors (Lipinski definition) is 2. The zero-order valence-electron chi connectivity index (χ0n) is 7.57. The molecule has 2 nitrogen and oxygen atoms in total. The van der Waals surface area contributed by atoms with E-state index < -0.39 is 0 Å². The summed E-state index contributed by atoms with van der Waals surface area (Å²) in [6, 6.07) is 0.532. The highest BCUT2D eigenvalue weighted by Crippen LogP contribution is 2.02. The molecule has 3 N–H and O–H groups in total. The Bertz CT molecular complexity index is 83.7. The van der Waals surface area contributed by atoms with E-state index in [0.717, 1.165) is 13.0 Å². The van der Waals surface area contributed by atoms with Gasteiger partial charge in [-0.25, -0.2) is 0 Å². The number of nitrogens with two attached hydrogens (primary N) is 1. The lowest BCUT2D eigenvalue weighted by Crippen LogP contribution is -2.42. The van der Waals surface area contributed by atoms with E-state index in [-0.39, 0.29) is 5.54 Å². The maximum atomic E-state index is 5.41. The molecule has 2 heteroatoms. The fourth-order valence-corrected chi connectivity index (χ4v) is 1.06. The van der Waals surface area contributed by atoms with E-state index in [1.165, 1.54) is 0 Å². The van der Waals surface area contributed by atoms with Crippen LogP contribution < -0.4 is 11.1 Å². The fraction of sp³-hybridized carbons (Fsp3) is 1.00. The van der Waals surface area contributed by atoms with Gasteiger partial charge < -0.3 is 11.1 Å². The SMILES string of the molecule is CC(CCN)NC(C)(C)C. The van der Waals surface area contributed by atoms with Gasteiger partial charge in [0.15, 0.2) is 0 Å². The van der Waals surface area contributed by atoms with Crippen molar-refractivity contribution in [1.29, 1.82) is 0 Å². The van der Waals surface area contributed by atoms with Crippen LogP contribution in [-0.4, -0.2) is 18.1 Å². The van der Waals surface area contributed by atoms with Crippen LogP contribution in [0.3, 0.4) is 0 Å². The molecule has 62 valence electrons. The molecule has 1 unspecified atom stereocenters. The zero-order valence-corrected chi connectivity index (χ0v) is 7.57. The molecule has 0 saturated carbocycles. The Kier molecular flexibility index (Phi) is 3.91. The van der Waals surface area contributed by atoms with E-state index in [4.69, 9.17) is 5.73 Å². The second kappa shape index (κ2) is 3.94. The van der Waals surface area contributed by atoms with Gasteiger partial charge in [-0.1, -0.05) is 0 Å². The van der Waals surface area contributed by atoms with Crippen molar-refractivity contribution in [2.45, 2.75) is 45.7 Å². The molecule has 0 aliphatic carbocycles. The summed E-state index contributed by atoms with van der Waals surface area (Å²) in [6.07, 6.45) is 1.05. The Morgan fingerprint density at radius 3 is 2.20 bits per heavy atom. The predicted molar refractivity (Wildman–Crippen MR) is 46.0 cm³/mol. The lowest BCUT2D eigenvalue weighted by Gasteiger charge is -2.25. The second-order valence-electron chi connectivity index (χ2n) is 3.87. The van der Waals surface area contributed by atoms with Crippen molar-refractivity contribution in [2.75, 3.05) is 6.54 Å². The summed E-state index contributed by atoms with van der Waals surface area (Å²) >= 11 is 0. The van der Waals surface area contributed by atoms with Gasteiger partial charge in [-0.2, -0.15) is 0 Å². The van der Waals surface area contributed by atoms with Gasteiger partial charge in [0.1, 0.15) is 0 Å². The molecule has 0 aliphatic heterocycles. The summed E-state index contributed by atoms with van der Waals surface area (Å²) in [6.45, 7) is 9.43. The third kappa shape index (κ3) is 6.05. The minimum absolute atomic E-state index is 0.217. The van der Waals surface area contributed by atoms with Gasteiger partial charge in [0.2, 0.25) is 0 Å². The average Bonchev–Trinajstić information content (AvgIpc) is 1.59. The molecule has 0 amide bonds. The van der Waals surface area contributed by atoms with E-state index in [1.807, 2.05) is 0 Å². The molecule has 0 radical (unpaired) electrons. The molecule has 1 atom stereocenters. The number of rotatable bonds is 3. The van der Waals surface area contributed by atoms with Crippen LogP contribution in [0, 0.1) is 0 Å². The molecule has 0 aromatic carbocycles. The van der Waals surface area contributed by atoms with Crippen LogP contribution in [0.5, 0.6) is 0 Å². The predicted octanol–water partition coefficient (Wildman–Crippen LogP) is 1.11. The van der Waals surface area contributed by atoms with E-state index in [2.05, 4.69) is 33.0 Å². The maximum absolute atomic E-state index is 5.41. The minimum atomic E-state index is 0.217. The molecule has 0 rings (SSSR count). The largest absolute Gasteiger partial charge is 0.330 e. The van der Waals surface area contributed by atoms with Gasteiger partial charge in [0, 0.05) is 11.6 Å². The summed E-state index contributed by atoms with van der Waals surface area (Å²) < 4.78 is 0. The summed E-state index contributed by atoms with van der Waals surface area (Å²) in [5.74, 6) is 0. The second-order valence-corrected chi connectivity index (χ2v) is 3.87. The summed E-state index contributed by atoms with van der Waals surface area (Å²) in [7, 11) is 0. The number of nitrogens with one attached hydrogen (secondary N) is 1. The Labute approximate surface area is 64.2 Å². The minimum Gasteiger partial charge on any atom is -0.330 e. The highest BCUT2D eigenvalue weighted by molar-refractivity contribution is 4.74. The number of hydrogen-bond donors (Lipinski definition) is 2. The molecule has 0 aliphatic rings. The Hall–Kier alpha value is -0.0800. The first-order valence-electron chi connectivity index (χ1n) is 3.93. The Morgan fingerprint density at radius 1 is 1.40 bits per heavy atom. The molecule has 0 bridgehead atoms. The van der Waals surface area contributed by atoms with Crippen molar-refractivity contribution < 1.29 is 0 Å². The van der Waals surface area contributed by atoms with Crippen molar-refractivity contribution in [3.8, 4) is 0 Å². The summed E-state index contributed by atoms with van der Waals surface area (Å²) in [4.78, 5) is 0. The van der Waals surface area contributed by atoms with E-state index in [1.54, 1.807) is 0 Å². The topological polar surface area (TPSA) is 38.0 Å². The van der Waals surface area contributed by atoms with Gasteiger partial charge in [0.25, 0.3) is 0 Å². The molecular formula is C8H20N2. The molecule has 0 heterocycles. The zero-order chi connectivity index (χ0) is 8.20. The summed E-state index contributed by atoms with van der Waals surface area (Å²) in [5, 5.41) is 3.44. The monoisotopic (exact) mass is 144 g/mol. The third-order valence-corrected chi connectivity index (χ3v) is 1.28. The Balaban J connectivity index is 3.47. The first-order chi connectivity index (χ1) is 4.45. The van der Waals surface area contributed by atoms with Crippen LogP contribution in [0.25, 0.3) is 0 Å². The smallest absolute Gasteiger partial charge is 0.00989 e. The molecule has 0 spiro atoms. The standard InChI is InChI=1S/C8H20N2/c1-7(5-6-9)10-8(2,3)4/h7,10H,5-6,9H2,1-4H3. The van der Waals surface area contributed by atoms with Crippen LogP contribution in [0.1, 0.15) is 34.1 Å². The average molecular weight is 144 g/mol. The Morgan fingerprint density at radius 2 is 1.90 bits per heavy atom. The van der Waals surface area contributed by atoms with Crippen molar-refractivity contribution in [3.05, 3.63) is 0 Å². The molecule has 0 fully saturated rings. The van der Waals surface area contributed by atoms with Gasteiger partial charge in [-0.15, -0.1) is 0 Å². The molecular weight excluding hydrogens is 124 g/mol. The van der Waals surface area contributed by atoms with E-state index >= 15 is 0 Å². The quantitative estimate of drug-likeness (QED) is 0.622. The first kappa shape index (κ1) is 9.92. The van der Waals surface area contributed by atoms with Crippen molar-refractivity contribution >= 4 is 0 Å². The normalized spacial score (nSPS) is 15.3. The van der Waals surface area contributed by atoms with E-state index in [0.29, 0.717) is 6.04 Å². The summed E-state index contributed by atoms with van der Waals surface area (Å²) in [5.41, 5.74) is 5.63. The molecule has 0 aromatic rings. The van der Waals surface area contributed by atoms with Gasteiger partial charge in [0.05, 0.1) is 0 Å². The van der Waals surface area contributed by atoms with Gasteiger partial charge in [-0.05, 0) is 40.7 Å². The van der Waals surface area contributed by atoms with Crippen LogP contribution in [0.15, 0.2) is 0 Å². The van der Waals surface area contributed by atoms with Crippen LogP contribution in [0.2, 0.25) is 0 Å². The third-order valence-electron chi connectivity index (χ3n) is 1.28. The maximum Gasteiger partial charge on any atom is 0.00989 e. The van der Waals surface area contributed by atoms with Crippen LogP contribution in [-0.2, 0) is 0 Å². The van der Waals surface area contributed by atoms with Crippen LogP contribution in [0.4, 0.5) is 0 Å². The lowest BCUT2D eigenvalue weighted by molar-refractivity contribution is 0.363. The van der Waals surface area contributed by atoms with E-state index in [9.17, 15) is 0 Å². The molecule has 0 saturated heterocycles. The first-order valence-corrected chi connectivity index (χ1v) is 3.93. The highest BCUT2D eigenvalue weighted by Gasteiger charge is 2.11. The van der Waals surface area contributed by atoms with Gasteiger partial charge >= 0.3 is 0 Å². The highest BCUT2D eigenvalue weighted by atomic mass is 15.0.